The summed E-state index contributed by atoms with van der Waals surface area (Å²) in [5.41, 5.74) is 5.85. The Morgan fingerprint density at radius 1 is 0.763 bits per heavy atom. The van der Waals surface area contributed by atoms with E-state index in [1.165, 1.54) is 0 Å². The largest absolute Gasteiger partial charge is 0.472 e. The van der Waals surface area contributed by atoms with Crippen LogP contribution in [0.1, 0.15) is 28.1 Å². The maximum atomic E-state index is 13.3. The summed E-state index contributed by atoms with van der Waals surface area (Å²) in [4.78, 5) is 18.2. The molecule has 186 valence electrons. The van der Waals surface area contributed by atoms with Crippen LogP contribution in [-0.4, -0.2) is 14.1 Å². The zero-order chi connectivity index (χ0) is 26.0. The summed E-state index contributed by atoms with van der Waals surface area (Å²) in [6.45, 7) is 2.44. The smallest absolute Gasteiger partial charge is 0.258 e. The fourth-order valence-electron chi connectivity index (χ4n) is 5.36. The van der Waals surface area contributed by atoms with Gasteiger partial charge in [0.1, 0.15) is 5.54 Å². The zero-order valence-corrected chi connectivity index (χ0v) is 21.1. The van der Waals surface area contributed by atoms with Crippen LogP contribution >= 0.6 is 0 Å². The molecule has 0 aliphatic rings. The van der Waals surface area contributed by atoms with Gasteiger partial charge in [-0.1, -0.05) is 91.0 Å². The van der Waals surface area contributed by atoms with E-state index >= 15 is 0 Å². The average molecular weight is 498 g/mol. The summed E-state index contributed by atoms with van der Waals surface area (Å²) in [7, 11) is 0. The lowest BCUT2D eigenvalue weighted by molar-refractivity contribution is 0.502. The first-order valence-electron chi connectivity index (χ1n) is 12.6. The summed E-state index contributed by atoms with van der Waals surface area (Å²) < 4.78 is 9.15. The molecule has 38 heavy (non-hydrogen) atoms. The number of furan rings is 1. The van der Waals surface area contributed by atoms with Crippen LogP contribution in [0.15, 0.2) is 143 Å². The lowest BCUT2D eigenvalue weighted by Crippen LogP contribution is -2.38. The van der Waals surface area contributed by atoms with Gasteiger partial charge < -0.3 is 13.6 Å². The molecule has 0 radical (unpaired) electrons. The van der Waals surface area contributed by atoms with Crippen LogP contribution in [0.3, 0.4) is 0 Å². The average Bonchev–Trinajstić information content (AvgIpc) is 3.63. The minimum absolute atomic E-state index is 0.0803. The summed E-state index contributed by atoms with van der Waals surface area (Å²) in [5, 5.41) is 0. The molecule has 0 bridgehead atoms. The van der Waals surface area contributed by atoms with Gasteiger partial charge in [0.05, 0.1) is 36.7 Å². The van der Waals surface area contributed by atoms with E-state index in [0.29, 0.717) is 12.1 Å². The first-order valence-corrected chi connectivity index (χ1v) is 12.6. The Kier molecular flexibility index (Phi) is 6.10. The van der Waals surface area contributed by atoms with Crippen molar-refractivity contribution in [2.24, 2.45) is 0 Å². The van der Waals surface area contributed by atoms with Gasteiger partial charge in [0.25, 0.3) is 5.56 Å². The molecule has 0 N–H and O–H groups in total. The SMILES string of the molecule is Cc1c(Cn2cccc(-c3ccoc3)c2=O)ncn1C(c1ccccc1)(c1ccccc1)c1ccccc1. The molecule has 0 saturated heterocycles. The molecule has 0 fully saturated rings. The number of hydrogen-bond donors (Lipinski definition) is 0. The molecule has 0 spiro atoms. The number of pyridine rings is 1. The van der Waals surface area contributed by atoms with E-state index in [1.807, 2.05) is 42.9 Å². The molecule has 6 aromatic rings. The van der Waals surface area contributed by atoms with E-state index in [2.05, 4.69) is 84.3 Å². The molecule has 0 atom stereocenters. The Morgan fingerprint density at radius 3 is 1.87 bits per heavy atom. The summed E-state index contributed by atoms with van der Waals surface area (Å²) in [5.74, 6) is 0. The van der Waals surface area contributed by atoms with Crippen molar-refractivity contribution >= 4 is 0 Å². The molecule has 3 aromatic carbocycles. The van der Waals surface area contributed by atoms with Crippen LogP contribution in [-0.2, 0) is 12.1 Å². The van der Waals surface area contributed by atoms with Crippen LogP contribution in [0.4, 0.5) is 0 Å². The maximum absolute atomic E-state index is 13.3. The van der Waals surface area contributed by atoms with E-state index in [9.17, 15) is 4.79 Å². The Bertz CT molecular complexity index is 1600. The van der Waals surface area contributed by atoms with Crippen LogP contribution in [0, 0.1) is 6.92 Å². The molecule has 5 nitrogen and oxygen atoms in total. The van der Waals surface area contributed by atoms with Crippen molar-refractivity contribution in [1.82, 2.24) is 14.1 Å². The molecular formula is C33H27N3O2. The molecule has 3 aromatic heterocycles. The monoisotopic (exact) mass is 497 g/mol. The van der Waals surface area contributed by atoms with E-state index in [1.54, 1.807) is 23.2 Å². The van der Waals surface area contributed by atoms with Gasteiger partial charge in [-0.15, -0.1) is 0 Å². The third kappa shape index (κ3) is 3.89. The van der Waals surface area contributed by atoms with Gasteiger partial charge in [-0.2, -0.15) is 0 Å². The van der Waals surface area contributed by atoms with Gasteiger partial charge in [0, 0.05) is 17.5 Å². The standard InChI is InChI=1S/C33H27N3O2/c1-25-31(22-35-20-11-18-30(32(35)37)26-19-21-38-23-26)34-24-36(25)33(27-12-5-2-6-13-27,28-14-7-3-8-15-28)29-16-9-4-10-17-29/h2-21,23-24H,22H2,1H3. The van der Waals surface area contributed by atoms with Crippen molar-refractivity contribution in [2.75, 3.05) is 0 Å². The summed E-state index contributed by atoms with van der Waals surface area (Å²) in [6, 6.07) is 37.0. The van der Waals surface area contributed by atoms with Crippen molar-refractivity contribution in [2.45, 2.75) is 19.0 Å². The quantitative estimate of drug-likeness (QED) is 0.237. The van der Waals surface area contributed by atoms with Crippen LogP contribution in [0.5, 0.6) is 0 Å². The highest BCUT2D eigenvalue weighted by Gasteiger charge is 2.39. The van der Waals surface area contributed by atoms with Gasteiger partial charge in [-0.3, -0.25) is 4.79 Å². The van der Waals surface area contributed by atoms with Crippen molar-refractivity contribution < 1.29 is 4.42 Å². The number of aromatic nitrogens is 3. The van der Waals surface area contributed by atoms with Gasteiger partial charge >= 0.3 is 0 Å². The summed E-state index contributed by atoms with van der Waals surface area (Å²) in [6.07, 6.45) is 6.88. The second-order valence-corrected chi connectivity index (χ2v) is 9.32. The molecule has 0 saturated carbocycles. The van der Waals surface area contributed by atoms with Gasteiger partial charge in [0.15, 0.2) is 0 Å². The van der Waals surface area contributed by atoms with Crippen molar-refractivity contribution in [3.63, 3.8) is 0 Å². The Hall–Kier alpha value is -4.90. The molecule has 0 aliphatic heterocycles. The fourth-order valence-corrected chi connectivity index (χ4v) is 5.36. The first-order chi connectivity index (χ1) is 18.7. The van der Waals surface area contributed by atoms with E-state index < -0.39 is 5.54 Å². The third-order valence-electron chi connectivity index (χ3n) is 7.22. The predicted octanol–water partition coefficient (Wildman–Crippen LogP) is 6.50. The fraction of sp³-hybridized carbons (Fsp3) is 0.0909. The number of benzene rings is 3. The number of hydrogen-bond acceptors (Lipinski definition) is 3. The van der Waals surface area contributed by atoms with Crippen molar-refractivity contribution in [1.29, 1.82) is 0 Å². The lowest BCUT2D eigenvalue weighted by Gasteiger charge is -2.38. The van der Waals surface area contributed by atoms with Crippen LogP contribution in [0.25, 0.3) is 11.1 Å². The van der Waals surface area contributed by atoms with Crippen molar-refractivity contribution in [3.8, 4) is 11.1 Å². The highest BCUT2D eigenvalue weighted by atomic mass is 16.3. The zero-order valence-electron chi connectivity index (χ0n) is 21.1. The Labute approximate surface area is 221 Å². The van der Waals surface area contributed by atoms with Gasteiger partial charge in [-0.05, 0) is 41.8 Å². The second-order valence-electron chi connectivity index (χ2n) is 9.32. The molecule has 0 unspecified atom stereocenters. The van der Waals surface area contributed by atoms with E-state index in [4.69, 9.17) is 9.40 Å². The number of imidazole rings is 1. The minimum Gasteiger partial charge on any atom is -0.472 e. The highest BCUT2D eigenvalue weighted by Crippen LogP contribution is 2.41. The number of nitrogens with zero attached hydrogens (tertiary/aromatic N) is 3. The summed E-state index contributed by atoms with van der Waals surface area (Å²) >= 11 is 0. The maximum Gasteiger partial charge on any atom is 0.258 e. The second kappa shape index (κ2) is 9.87. The topological polar surface area (TPSA) is 53.0 Å². The van der Waals surface area contributed by atoms with E-state index in [-0.39, 0.29) is 5.56 Å². The predicted molar refractivity (Wildman–Crippen MR) is 149 cm³/mol. The normalized spacial score (nSPS) is 11.5. The Morgan fingerprint density at radius 2 is 1.34 bits per heavy atom. The number of rotatable bonds is 7. The van der Waals surface area contributed by atoms with Gasteiger partial charge in [0.2, 0.25) is 0 Å². The van der Waals surface area contributed by atoms with Crippen LogP contribution < -0.4 is 5.56 Å². The van der Waals surface area contributed by atoms with Crippen molar-refractivity contribution in [3.05, 3.63) is 173 Å². The molecular weight excluding hydrogens is 470 g/mol. The molecule has 0 aliphatic carbocycles. The molecule has 6 rings (SSSR count). The molecule has 5 heteroatoms. The molecule has 0 amide bonds. The first kappa shape index (κ1) is 23.5. The minimum atomic E-state index is -0.650. The van der Waals surface area contributed by atoms with Gasteiger partial charge in [-0.25, -0.2) is 4.98 Å². The van der Waals surface area contributed by atoms with Crippen LogP contribution in [0.2, 0.25) is 0 Å². The lowest BCUT2D eigenvalue weighted by atomic mass is 9.76. The molecule has 3 heterocycles. The third-order valence-corrected chi connectivity index (χ3v) is 7.22. The Balaban J connectivity index is 1.54. The highest BCUT2D eigenvalue weighted by molar-refractivity contribution is 5.60. The van der Waals surface area contributed by atoms with E-state index in [0.717, 1.165) is 33.6 Å².